The van der Waals surface area contributed by atoms with Crippen LogP contribution >= 0.6 is 0 Å². The molecule has 0 aromatic heterocycles. The Hall–Kier alpha value is -1.09. The van der Waals surface area contributed by atoms with E-state index in [1.165, 1.54) is 16.6 Å². The van der Waals surface area contributed by atoms with Crippen molar-refractivity contribution in [3.63, 3.8) is 0 Å². The lowest BCUT2D eigenvalue weighted by molar-refractivity contribution is 0.0734. The molecular formula is C14H20F2N2O3S. The number of hydrogen-bond donors (Lipinski definition) is 1. The lowest BCUT2D eigenvalue weighted by atomic mass is 10.1. The molecule has 22 heavy (non-hydrogen) atoms. The molecule has 0 radical (unpaired) electrons. The van der Waals surface area contributed by atoms with Gasteiger partial charge in [0.25, 0.3) is 0 Å². The number of piperazine rings is 1. The molecule has 5 nitrogen and oxygen atoms in total. The Labute approximate surface area is 129 Å². The first-order valence-corrected chi connectivity index (χ1v) is 8.85. The molecule has 1 heterocycles. The van der Waals surface area contributed by atoms with Crippen LogP contribution in [0.2, 0.25) is 0 Å². The molecule has 1 aromatic rings. The van der Waals surface area contributed by atoms with E-state index in [9.17, 15) is 22.3 Å². The highest BCUT2D eigenvalue weighted by atomic mass is 32.2. The number of halogens is 2. The number of rotatable bonds is 4. The van der Waals surface area contributed by atoms with Crippen molar-refractivity contribution in [2.75, 3.05) is 32.4 Å². The van der Waals surface area contributed by atoms with E-state index in [0.29, 0.717) is 19.6 Å². The average Bonchev–Trinajstić information content (AvgIpc) is 2.36. The van der Waals surface area contributed by atoms with Crippen molar-refractivity contribution in [3.8, 4) is 0 Å². The quantitative estimate of drug-likeness (QED) is 0.891. The van der Waals surface area contributed by atoms with Crippen LogP contribution in [-0.4, -0.2) is 61.2 Å². The second-order valence-electron chi connectivity index (χ2n) is 5.66. The van der Waals surface area contributed by atoms with Gasteiger partial charge < -0.3 is 5.11 Å². The Bertz CT molecular complexity index is 639. The summed E-state index contributed by atoms with van der Waals surface area (Å²) in [7, 11) is -3.25. The molecule has 0 bridgehead atoms. The number of aliphatic hydroxyl groups excluding tert-OH is 1. The maximum atomic E-state index is 13.6. The molecule has 1 N–H and O–H groups in total. The number of benzene rings is 1. The van der Waals surface area contributed by atoms with Gasteiger partial charge in [-0.1, -0.05) is 6.07 Å². The van der Waals surface area contributed by atoms with Gasteiger partial charge in [-0.25, -0.2) is 17.2 Å². The molecule has 1 unspecified atom stereocenters. The third-order valence-corrected chi connectivity index (χ3v) is 5.22. The van der Waals surface area contributed by atoms with E-state index in [2.05, 4.69) is 0 Å². The van der Waals surface area contributed by atoms with E-state index in [4.69, 9.17) is 0 Å². The van der Waals surface area contributed by atoms with Crippen LogP contribution in [0.4, 0.5) is 8.78 Å². The van der Waals surface area contributed by atoms with Gasteiger partial charge in [-0.05, 0) is 13.0 Å². The molecule has 1 aliphatic heterocycles. The molecule has 2 atom stereocenters. The van der Waals surface area contributed by atoms with Crippen molar-refractivity contribution in [2.24, 2.45) is 0 Å². The van der Waals surface area contributed by atoms with Gasteiger partial charge >= 0.3 is 0 Å². The molecule has 0 amide bonds. The van der Waals surface area contributed by atoms with E-state index in [-0.39, 0.29) is 18.2 Å². The maximum Gasteiger partial charge on any atom is 0.211 e. The monoisotopic (exact) mass is 334 g/mol. The van der Waals surface area contributed by atoms with Gasteiger partial charge in [-0.15, -0.1) is 0 Å². The Morgan fingerprint density at radius 3 is 2.59 bits per heavy atom. The second kappa shape index (κ2) is 6.57. The first-order chi connectivity index (χ1) is 10.2. The van der Waals surface area contributed by atoms with Crippen molar-refractivity contribution in [1.82, 2.24) is 9.21 Å². The van der Waals surface area contributed by atoms with E-state index in [0.717, 1.165) is 12.1 Å². The number of sulfonamides is 1. The fourth-order valence-electron chi connectivity index (χ4n) is 2.79. The third kappa shape index (κ3) is 4.01. The smallest absolute Gasteiger partial charge is 0.211 e. The minimum atomic E-state index is -3.25. The molecule has 1 aliphatic rings. The molecule has 0 saturated carbocycles. The van der Waals surface area contributed by atoms with Gasteiger partial charge in [0, 0.05) is 43.9 Å². The number of nitrogens with zero attached hydrogens (tertiary/aromatic N) is 2. The SMILES string of the molecule is C[C@H]1CN(CC(O)c2ccc(F)cc2F)CCN1S(C)(=O)=O. The topological polar surface area (TPSA) is 60.9 Å². The summed E-state index contributed by atoms with van der Waals surface area (Å²) in [5.74, 6) is -1.47. The normalized spacial score (nSPS) is 22.7. The van der Waals surface area contributed by atoms with Gasteiger partial charge in [0.15, 0.2) is 0 Å². The summed E-state index contributed by atoms with van der Waals surface area (Å²) in [5.41, 5.74) is 0.0413. The standard InChI is InChI=1S/C14H20F2N2O3S/c1-10-8-17(5-6-18(10)22(2,20)21)9-14(19)12-4-3-11(15)7-13(12)16/h3-4,7,10,14,19H,5-6,8-9H2,1-2H3/t10-,14?/m0/s1. The second-order valence-corrected chi connectivity index (χ2v) is 7.60. The van der Waals surface area contributed by atoms with E-state index in [1.807, 2.05) is 4.90 Å². The van der Waals surface area contributed by atoms with Crippen LogP contribution in [0.3, 0.4) is 0 Å². The van der Waals surface area contributed by atoms with E-state index < -0.39 is 27.8 Å². The first kappa shape index (κ1) is 17.3. The summed E-state index contributed by atoms with van der Waals surface area (Å²) in [6, 6.07) is 2.86. The van der Waals surface area contributed by atoms with Crippen LogP contribution in [0.15, 0.2) is 18.2 Å². The Morgan fingerprint density at radius 1 is 1.36 bits per heavy atom. The number of β-amino-alcohol motifs (C(OH)–C–C–N with tert-alkyl or cyclic N) is 1. The molecule has 1 fully saturated rings. The summed E-state index contributed by atoms with van der Waals surface area (Å²) in [6.07, 6.45) is 0.0830. The summed E-state index contributed by atoms with van der Waals surface area (Å²) in [4.78, 5) is 1.87. The summed E-state index contributed by atoms with van der Waals surface area (Å²) in [5, 5.41) is 10.1. The Balaban J connectivity index is 2.00. The van der Waals surface area contributed by atoms with Gasteiger partial charge in [0.05, 0.1) is 12.4 Å². The fraction of sp³-hybridized carbons (Fsp3) is 0.571. The molecule has 0 spiro atoms. The third-order valence-electron chi connectivity index (χ3n) is 3.83. The largest absolute Gasteiger partial charge is 0.387 e. The van der Waals surface area contributed by atoms with Crippen LogP contribution in [0.25, 0.3) is 0 Å². The van der Waals surface area contributed by atoms with Gasteiger partial charge in [0.2, 0.25) is 10.0 Å². The minimum Gasteiger partial charge on any atom is -0.387 e. The highest BCUT2D eigenvalue weighted by Gasteiger charge is 2.30. The summed E-state index contributed by atoms with van der Waals surface area (Å²) >= 11 is 0. The van der Waals surface area contributed by atoms with Crippen molar-refractivity contribution < 1.29 is 22.3 Å². The van der Waals surface area contributed by atoms with E-state index >= 15 is 0 Å². The zero-order valence-corrected chi connectivity index (χ0v) is 13.4. The maximum absolute atomic E-state index is 13.6. The zero-order chi connectivity index (χ0) is 16.5. The van der Waals surface area contributed by atoms with Crippen LogP contribution in [-0.2, 0) is 10.0 Å². The molecule has 8 heteroatoms. The van der Waals surface area contributed by atoms with Crippen LogP contribution in [0.1, 0.15) is 18.6 Å². The summed E-state index contributed by atoms with van der Waals surface area (Å²) < 4.78 is 51.1. The van der Waals surface area contributed by atoms with Crippen molar-refractivity contribution in [1.29, 1.82) is 0 Å². The zero-order valence-electron chi connectivity index (χ0n) is 12.5. The lowest BCUT2D eigenvalue weighted by Crippen LogP contribution is -2.54. The van der Waals surface area contributed by atoms with Crippen molar-refractivity contribution >= 4 is 10.0 Å². The average molecular weight is 334 g/mol. The molecular weight excluding hydrogens is 314 g/mol. The first-order valence-electron chi connectivity index (χ1n) is 7.00. The fourth-order valence-corrected chi connectivity index (χ4v) is 3.92. The minimum absolute atomic E-state index is 0.0413. The number of hydrogen-bond acceptors (Lipinski definition) is 4. The van der Waals surface area contributed by atoms with Crippen LogP contribution < -0.4 is 0 Å². The molecule has 0 aliphatic carbocycles. The molecule has 1 aromatic carbocycles. The lowest BCUT2D eigenvalue weighted by Gasteiger charge is -2.39. The summed E-state index contributed by atoms with van der Waals surface area (Å²) in [6.45, 7) is 3.20. The van der Waals surface area contributed by atoms with Gasteiger partial charge in [-0.3, -0.25) is 4.90 Å². The Morgan fingerprint density at radius 2 is 2.05 bits per heavy atom. The van der Waals surface area contributed by atoms with Gasteiger partial charge in [-0.2, -0.15) is 4.31 Å². The molecule has 124 valence electrons. The highest BCUT2D eigenvalue weighted by molar-refractivity contribution is 7.88. The van der Waals surface area contributed by atoms with Gasteiger partial charge in [0.1, 0.15) is 11.6 Å². The Kier molecular flexibility index (Phi) is 5.16. The van der Waals surface area contributed by atoms with Crippen molar-refractivity contribution in [3.05, 3.63) is 35.4 Å². The van der Waals surface area contributed by atoms with Crippen LogP contribution in [0, 0.1) is 11.6 Å². The predicted octanol–water partition coefficient (Wildman–Crippen LogP) is 0.964. The highest BCUT2D eigenvalue weighted by Crippen LogP contribution is 2.21. The van der Waals surface area contributed by atoms with Crippen LogP contribution in [0.5, 0.6) is 0 Å². The van der Waals surface area contributed by atoms with E-state index in [1.54, 1.807) is 6.92 Å². The van der Waals surface area contributed by atoms with Crippen molar-refractivity contribution in [2.45, 2.75) is 19.1 Å². The molecule has 1 saturated heterocycles. The number of aliphatic hydroxyl groups is 1. The predicted molar refractivity (Wildman–Crippen MR) is 78.8 cm³/mol. The molecule has 2 rings (SSSR count).